The number of nitrogens with zero attached hydrogens (tertiary/aromatic N) is 3. The molecular weight excluding hydrogens is 475 g/mol. The first kappa shape index (κ1) is 23.4. The van der Waals surface area contributed by atoms with E-state index < -0.39 is 6.10 Å². The summed E-state index contributed by atoms with van der Waals surface area (Å²) >= 11 is 13.4. The number of hydrogen-bond donors (Lipinski definition) is 1. The summed E-state index contributed by atoms with van der Waals surface area (Å²) in [5.74, 6) is -0.191. The average molecular weight is 499 g/mol. The van der Waals surface area contributed by atoms with Crippen molar-refractivity contribution in [1.29, 1.82) is 0 Å². The Labute approximate surface area is 200 Å². The normalized spacial score (nSPS) is 19.7. The molecule has 1 N–H and O–H groups in total. The standard InChI is InChI=1S/C21H24Cl2N4O4S/c22-15-2-1-14(16(23)9-15)10-25-20(28)18-11-24-19(32-18)12-26-3-5-27(6-4-26)21(29)17-13-30-7-8-31-17/h1-2,9,11,17H,3-8,10,12-13H2,(H,25,28). The van der Waals surface area contributed by atoms with Crippen LogP contribution in [0.15, 0.2) is 24.4 Å². The second-order valence-electron chi connectivity index (χ2n) is 7.57. The number of halogens is 2. The van der Waals surface area contributed by atoms with E-state index in [4.69, 9.17) is 32.7 Å². The van der Waals surface area contributed by atoms with Crippen LogP contribution in [0.2, 0.25) is 10.0 Å². The number of amides is 2. The first-order valence-electron chi connectivity index (χ1n) is 10.4. The van der Waals surface area contributed by atoms with Gasteiger partial charge in [0, 0.05) is 42.8 Å². The molecule has 2 amide bonds. The van der Waals surface area contributed by atoms with Gasteiger partial charge in [0.2, 0.25) is 0 Å². The summed E-state index contributed by atoms with van der Waals surface area (Å²) in [7, 11) is 0. The Morgan fingerprint density at radius 3 is 2.72 bits per heavy atom. The minimum atomic E-state index is -0.488. The van der Waals surface area contributed by atoms with Gasteiger partial charge in [-0.2, -0.15) is 0 Å². The molecular formula is C21H24Cl2N4O4S. The molecule has 2 fully saturated rings. The molecule has 11 heteroatoms. The molecule has 1 aromatic heterocycles. The topological polar surface area (TPSA) is 84.0 Å². The number of nitrogens with one attached hydrogen (secondary N) is 1. The molecule has 0 saturated carbocycles. The third-order valence-corrected chi connectivity index (χ3v) is 6.93. The minimum absolute atomic E-state index is 0.00153. The molecule has 32 heavy (non-hydrogen) atoms. The Morgan fingerprint density at radius 2 is 2.00 bits per heavy atom. The molecule has 3 heterocycles. The van der Waals surface area contributed by atoms with Crippen molar-refractivity contribution in [2.45, 2.75) is 19.2 Å². The third kappa shape index (κ3) is 5.98. The molecule has 1 unspecified atom stereocenters. The lowest BCUT2D eigenvalue weighted by atomic mass is 10.2. The fourth-order valence-corrected chi connectivity index (χ4v) is 4.92. The van der Waals surface area contributed by atoms with Crippen molar-refractivity contribution < 1.29 is 19.1 Å². The van der Waals surface area contributed by atoms with Crippen molar-refractivity contribution in [2.24, 2.45) is 0 Å². The van der Waals surface area contributed by atoms with Crippen LogP contribution in [-0.4, -0.2) is 78.7 Å². The molecule has 2 aliphatic rings. The monoisotopic (exact) mass is 498 g/mol. The minimum Gasteiger partial charge on any atom is -0.376 e. The Morgan fingerprint density at radius 1 is 1.19 bits per heavy atom. The number of aromatic nitrogens is 1. The van der Waals surface area contributed by atoms with Crippen LogP contribution in [0, 0.1) is 0 Å². The van der Waals surface area contributed by atoms with Crippen LogP contribution in [0.4, 0.5) is 0 Å². The highest BCUT2D eigenvalue weighted by Gasteiger charge is 2.30. The van der Waals surface area contributed by atoms with Crippen LogP contribution in [0.1, 0.15) is 20.2 Å². The lowest BCUT2D eigenvalue weighted by Crippen LogP contribution is -2.53. The largest absolute Gasteiger partial charge is 0.376 e. The number of benzene rings is 1. The van der Waals surface area contributed by atoms with Crippen LogP contribution in [0.25, 0.3) is 0 Å². The van der Waals surface area contributed by atoms with Crippen molar-refractivity contribution in [3.8, 4) is 0 Å². The van der Waals surface area contributed by atoms with Gasteiger partial charge in [0.15, 0.2) is 6.10 Å². The van der Waals surface area contributed by atoms with Crippen LogP contribution in [-0.2, 0) is 27.4 Å². The molecule has 172 valence electrons. The predicted molar refractivity (Wildman–Crippen MR) is 122 cm³/mol. The van der Waals surface area contributed by atoms with Gasteiger partial charge in [-0.1, -0.05) is 29.3 Å². The molecule has 0 radical (unpaired) electrons. The van der Waals surface area contributed by atoms with Crippen molar-refractivity contribution in [3.05, 3.63) is 49.9 Å². The smallest absolute Gasteiger partial charge is 0.263 e. The lowest BCUT2D eigenvalue weighted by Gasteiger charge is -2.36. The zero-order chi connectivity index (χ0) is 22.5. The summed E-state index contributed by atoms with van der Waals surface area (Å²) in [5.41, 5.74) is 0.798. The fourth-order valence-electron chi connectivity index (χ4n) is 3.57. The van der Waals surface area contributed by atoms with Crippen LogP contribution in [0.3, 0.4) is 0 Å². The highest BCUT2D eigenvalue weighted by atomic mass is 35.5. The quantitative estimate of drug-likeness (QED) is 0.658. The van der Waals surface area contributed by atoms with E-state index in [-0.39, 0.29) is 11.8 Å². The Balaban J connectivity index is 1.23. The summed E-state index contributed by atoms with van der Waals surface area (Å²) in [6.07, 6.45) is 1.11. The number of hydrogen-bond acceptors (Lipinski definition) is 7. The van der Waals surface area contributed by atoms with E-state index in [2.05, 4.69) is 15.2 Å². The first-order valence-corrected chi connectivity index (χ1v) is 11.9. The zero-order valence-electron chi connectivity index (χ0n) is 17.4. The van der Waals surface area contributed by atoms with Gasteiger partial charge in [-0.05, 0) is 17.7 Å². The molecule has 4 rings (SSSR count). The zero-order valence-corrected chi connectivity index (χ0v) is 19.7. The maximum atomic E-state index is 12.5. The molecule has 2 aliphatic heterocycles. The van der Waals surface area contributed by atoms with Gasteiger partial charge in [-0.3, -0.25) is 14.5 Å². The van der Waals surface area contributed by atoms with Gasteiger partial charge >= 0.3 is 0 Å². The van der Waals surface area contributed by atoms with E-state index in [0.717, 1.165) is 23.7 Å². The van der Waals surface area contributed by atoms with Gasteiger partial charge in [-0.25, -0.2) is 4.98 Å². The van der Waals surface area contributed by atoms with Gasteiger partial charge < -0.3 is 19.7 Å². The molecule has 2 saturated heterocycles. The molecule has 1 aromatic carbocycles. The van der Waals surface area contributed by atoms with Crippen LogP contribution in [0.5, 0.6) is 0 Å². The number of piperazine rings is 1. The van der Waals surface area contributed by atoms with Crippen LogP contribution >= 0.6 is 34.5 Å². The Bertz CT molecular complexity index is 959. The van der Waals surface area contributed by atoms with Gasteiger partial charge in [0.05, 0.1) is 32.6 Å². The third-order valence-electron chi connectivity index (χ3n) is 5.37. The van der Waals surface area contributed by atoms with Crippen molar-refractivity contribution in [1.82, 2.24) is 20.1 Å². The number of rotatable bonds is 6. The van der Waals surface area contributed by atoms with Gasteiger partial charge in [0.25, 0.3) is 11.8 Å². The summed E-state index contributed by atoms with van der Waals surface area (Å²) < 4.78 is 10.8. The summed E-state index contributed by atoms with van der Waals surface area (Å²) in [6.45, 7) is 5.06. The SMILES string of the molecule is O=C(NCc1ccc(Cl)cc1Cl)c1cnc(CN2CCN(C(=O)C3COCCO3)CC2)s1. The first-order chi connectivity index (χ1) is 15.5. The molecule has 2 aromatic rings. The number of carbonyl (C=O) groups excluding carboxylic acids is 2. The van der Waals surface area contributed by atoms with Crippen molar-refractivity contribution in [2.75, 3.05) is 46.0 Å². The van der Waals surface area contributed by atoms with E-state index in [9.17, 15) is 9.59 Å². The van der Waals surface area contributed by atoms with Crippen LogP contribution < -0.4 is 5.32 Å². The number of ether oxygens (including phenoxy) is 2. The second-order valence-corrected chi connectivity index (χ2v) is 9.53. The maximum absolute atomic E-state index is 12.5. The highest BCUT2D eigenvalue weighted by Crippen LogP contribution is 2.21. The second kappa shape index (κ2) is 10.9. The molecule has 0 bridgehead atoms. The molecule has 1 atom stereocenters. The molecule has 8 nitrogen and oxygen atoms in total. The Kier molecular flexibility index (Phi) is 7.98. The van der Waals surface area contributed by atoms with E-state index in [1.807, 2.05) is 4.90 Å². The van der Waals surface area contributed by atoms with E-state index in [1.165, 1.54) is 11.3 Å². The summed E-state index contributed by atoms with van der Waals surface area (Å²) in [4.78, 5) is 34.0. The number of carbonyl (C=O) groups is 2. The van der Waals surface area contributed by atoms with E-state index in [1.54, 1.807) is 24.4 Å². The summed E-state index contributed by atoms with van der Waals surface area (Å²) in [5, 5.41) is 4.80. The molecule has 0 spiro atoms. The van der Waals surface area contributed by atoms with E-state index >= 15 is 0 Å². The van der Waals surface area contributed by atoms with Gasteiger partial charge in [0.1, 0.15) is 9.88 Å². The van der Waals surface area contributed by atoms with Gasteiger partial charge in [-0.15, -0.1) is 11.3 Å². The number of thiazole rings is 1. The average Bonchev–Trinajstić information content (AvgIpc) is 3.27. The van der Waals surface area contributed by atoms with Crippen molar-refractivity contribution in [3.63, 3.8) is 0 Å². The predicted octanol–water partition coefficient (Wildman–Crippen LogP) is 2.44. The Hall–Kier alpha value is -1.75. The fraction of sp³-hybridized carbons (Fsp3) is 0.476. The highest BCUT2D eigenvalue weighted by molar-refractivity contribution is 7.13. The lowest BCUT2D eigenvalue weighted by molar-refractivity contribution is -0.159. The molecule has 0 aliphatic carbocycles. The maximum Gasteiger partial charge on any atom is 0.263 e. The van der Waals surface area contributed by atoms with Crippen molar-refractivity contribution >= 4 is 46.4 Å². The summed E-state index contributed by atoms with van der Waals surface area (Å²) in [6, 6.07) is 5.18. The van der Waals surface area contributed by atoms with E-state index in [0.29, 0.717) is 60.9 Å².